The molecule has 29 heavy (non-hydrogen) atoms. The van der Waals surface area contributed by atoms with E-state index in [1.165, 1.54) is 27.6 Å². The van der Waals surface area contributed by atoms with Crippen LogP contribution in [0.15, 0.2) is 53.2 Å². The van der Waals surface area contributed by atoms with E-state index in [4.69, 9.17) is 0 Å². The molecule has 0 atom stereocenters. The molecule has 3 aromatic heterocycles. The molecule has 2 N–H and O–H groups in total. The monoisotopic (exact) mass is 440 g/mol. The van der Waals surface area contributed by atoms with Crippen molar-refractivity contribution < 1.29 is 9.59 Å². The van der Waals surface area contributed by atoms with Gasteiger partial charge in [-0.05, 0) is 31.2 Å². The smallest absolute Gasteiger partial charge is 0.257 e. The molecule has 2 amide bonds. The molecule has 0 spiro atoms. The summed E-state index contributed by atoms with van der Waals surface area (Å²) >= 11 is 4.35. The van der Waals surface area contributed by atoms with Crippen LogP contribution in [-0.2, 0) is 11.2 Å². The molecule has 0 saturated carbocycles. The Morgan fingerprint density at radius 2 is 1.69 bits per heavy atom. The first kappa shape index (κ1) is 19.4. The fourth-order valence-electron chi connectivity index (χ4n) is 2.55. The minimum absolute atomic E-state index is 0.116. The number of thiophene rings is 1. The van der Waals surface area contributed by atoms with Gasteiger partial charge in [-0.25, -0.2) is 9.97 Å². The molecular weight excluding hydrogens is 424 g/mol. The van der Waals surface area contributed by atoms with Gasteiger partial charge < -0.3 is 5.32 Å². The molecule has 9 heteroatoms. The lowest BCUT2D eigenvalue weighted by atomic mass is 10.2. The molecule has 0 aliphatic rings. The summed E-state index contributed by atoms with van der Waals surface area (Å²) in [5.41, 5.74) is 2.02. The number of thiazole rings is 2. The van der Waals surface area contributed by atoms with Crippen LogP contribution < -0.4 is 10.6 Å². The van der Waals surface area contributed by atoms with Crippen LogP contribution in [0.5, 0.6) is 0 Å². The van der Waals surface area contributed by atoms with Crippen LogP contribution >= 0.6 is 34.0 Å². The van der Waals surface area contributed by atoms with Gasteiger partial charge in [-0.15, -0.1) is 34.0 Å². The quantitative estimate of drug-likeness (QED) is 0.438. The van der Waals surface area contributed by atoms with E-state index in [0.29, 0.717) is 21.5 Å². The number of carbonyl (C=O) groups excluding carboxylic acids is 2. The predicted octanol–water partition coefficient (Wildman–Crippen LogP) is 5.07. The molecule has 3 heterocycles. The van der Waals surface area contributed by atoms with Crippen molar-refractivity contribution in [2.24, 2.45) is 0 Å². The maximum Gasteiger partial charge on any atom is 0.257 e. The van der Waals surface area contributed by atoms with Gasteiger partial charge in [-0.2, -0.15) is 0 Å². The number of aryl methyl sites for hydroxylation is 1. The summed E-state index contributed by atoms with van der Waals surface area (Å²) in [4.78, 5) is 35.6. The summed E-state index contributed by atoms with van der Waals surface area (Å²) in [6.07, 6.45) is 0.116. The van der Waals surface area contributed by atoms with Crippen molar-refractivity contribution in [2.45, 2.75) is 13.3 Å². The summed E-state index contributed by atoms with van der Waals surface area (Å²) in [6.45, 7) is 2.05. The minimum Gasteiger partial charge on any atom is -0.302 e. The van der Waals surface area contributed by atoms with Crippen molar-refractivity contribution in [3.63, 3.8) is 0 Å². The largest absolute Gasteiger partial charge is 0.302 e. The fourth-order valence-corrected chi connectivity index (χ4v) is 4.88. The Hall–Kier alpha value is -2.88. The van der Waals surface area contributed by atoms with Gasteiger partial charge in [0, 0.05) is 21.2 Å². The van der Waals surface area contributed by atoms with E-state index in [1.54, 1.807) is 41.0 Å². The lowest BCUT2D eigenvalue weighted by Gasteiger charge is -2.01. The Balaban J connectivity index is 1.33. The molecule has 0 radical (unpaired) electrons. The summed E-state index contributed by atoms with van der Waals surface area (Å²) in [5, 5.41) is 10.3. The van der Waals surface area contributed by atoms with Gasteiger partial charge in [-0.3, -0.25) is 14.9 Å². The van der Waals surface area contributed by atoms with Gasteiger partial charge in [0.05, 0.1) is 22.7 Å². The summed E-state index contributed by atoms with van der Waals surface area (Å²) in [7, 11) is 0. The number of amides is 2. The van der Waals surface area contributed by atoms with Crippen molar-refractivity contribution in [1.82, 2.24) is 9.97 Å². The molecule has 4 rings (SSSR count). The number of nitrogens with zero attached hydrogens (tertiary/aromatic N) is 2. The lowest BCUT2D eigenvalue weighted by molar-refractivity contribution is -0.115. The van der Waals surface area contributed by atoms with Crippen molar-refractivity contribution in [1.29, 1.82) is 0 Å². The SMILES string of the molecule is Cc1ccc(-c2csc(NC(=O)Cc3csc(NC(=O)c4ccccc4)n3)n2)s1. The summed E-state index contributed by atoms with van der Waals surface area (Å²) in [6, 6.07) is 13.0. The third-order valence-electron chi connectivity index (χ3n) is 3.89. The first-order chi connectivity index (χ1) is 14.1. The van der Waals surface area contributed by atoms with E-state index in [9.17, 15) is 9.59 Å². The Morgan fingerprint density at radius 1 is 0.931 bits per heavy atom. The minimum atomic E-state index is -0.227. The molecule has 0 aliphatic heterocycles. The van der Waals surface area contributed by atoms with E-state index in [0.717, 1.165) is 10.6 Å². The maximum absolute atomic E-state index is 12.3. The molecule has 6 nitrogen and oxygen atoms in total. The lowest BCUT2D eigenvalue weighted by Crippen LogP contribution is -2.15. The van der Waals surface area contributed by atoms with Crippen molar-refractivity contribution in [2.75, 3.05) is 10.6 Å². The van der Waals surface area contributed by atoms with E-state index in [1.807, 2.05) is 30.5 Å². The normalized spacial score (nSPS) is 10.7. The molecular formula is C20H16N4O2S3. The predicted molar refractivity (Wildman–Crippen MR) is 119 cm³/mol. The topological polar surface area (TPSA) is 84.0 Å². The second-order valence-corrected chi connectivity index (χ2v) is 9.14. The highest BCUT2D eigenvalue weighted by atomic mass is 32.1. The second-order valence-electron chi connectivity index (χ2n) is 6.14. The third-order valence-corrected chi connectivity index (χ3v) is 6.48. The van der Waals surface area contributed by atoms with Gasteiger partial charge in [0.1, 0.15) is 0 Å². The molecule has 4 aromatic rings. The molecule has 146 valence electrons. The zero-order valence-electron chi connectivity index (χ0n) is 15.3. The van der Waals surface area contributed by atoms with Gasteiger partial charge in [0.25, 0.3) is 5.91 Å². The molecule has 0 aliphatic carbocycles. The van der Waals surface area contributed by atoms with Crippen LogP contribution in [0.4, 0.5) is 10.3 Å². The fraction of sp³-hybridized carbons (Fsp3) is 0.100. The first-order valence-corrected chi connectivity index (χ1v) is 11.3. The molecule has 0 fully saturated rings. The van der Waals surface area contributed by atoms with Crippen molar-refractivity contribution in [3.8, 4) is 10.6 Å². The number of hydrogen-bond acceptors (Lipinski definition) is 7. The molecule has 0 unspecified atom stereocenters. The summed E-state index contributed by atoms with van der Waals surface area (Å²) in [5.74, 6) is -0.422. The standard InChI is InChI=1S/C20H16N4O2S3/c1-12-7-8-16(29-12)15-11-28-20(22-15)23-17(25)9-14-10-27-19(21-14)24-18(26)13-5-3-2-4-6-13/h2-8,10-11H,9H2,1H3,(H,21,24,26)(H,22,23,25). The highest BCUT2D eigenvalue weighted by molar-refractivity contribution is 7.17. The van der Waals surface area contributed by atoms with E-state index in [-0.39, 0.29) is 18.2 Å². The summed E-state index contributed by atoms with van der Waals surface area (Å²) < 4.78 is 0. The van der Waals surface area contributed by atoms with Crippen LogP contribution in [0.2, 0.25) is 0 Å². The van der Waals surface area contributed by atoms with Crippen LogP contribution in [0.25, 0.3) is 10.6 Å². The number of nitrogens with one attached hydrogen (secondary N) is 2. The Bertz CT molecular complexity index is 1150. The van der Waals surface area contributed by atoms with E-state index >= 15 is 0 Å². The number of aromatic nitrogens is 2. The van der Waals surface area contributed by atoms with Crippen LogP contribution in [0, 0.1) is 6.92 Å². The number of hydrogen-bond donors (Lipinski definition) is 2. The second kappa shape index (κ2) is 8.64. The van der Waals surface area contributed by atoms with Gasteiger partial charge >= 0.3 is 0 Å². The van der Waals surface area contributed by atoms with E-state index < -0.39 is 0 Å². The van der Waals surface area contributed by atoms with Crippen LogP contribution in [-0.4, -0.2) is 21.8 Å². The zero-order chi connectivity index (χ0) is 20.2. The highest BCUT2D eigenvalue weighted by Gasteiger charge is 2.13. The van der Waals surface area contributed by atoms with Crippen molar-refractivity contribution >= 4 is 56.1 Å². The molecule has 0 bridgehead atoms. The van der Waals surface area contributed by atoms with Gasteiger partial charge in [0.15, 0.2) is 10.3 Å². The average molecular weight is 441 g/mol. The highest BCUT2D eigenvalue weighted by Crippen LogP contribution is 2.30. The number of anilines is 2. The third kappa shape index (κ3) is 4.94. The van der Waals surface area contributed by atoms with E-state index in [2.05, 4.69) is 20.6 Å². The Kier molecular flexibility index (Phi) is 5.79. The molecule has 1 aromatic carbocycles. The average Bonchev–Trinajstić information content (AvgIpc) is 3.44. The number of carbonyl (C=O) groups is 2. The van der Waals surface area contributed by atoms with Crippen LogP contribution in [0.3, 0.4) is 0 Å². The Labute approximate surface area is 179 Å². The van der Waals surface area contributed by atoms with Gasteiger partial charge in [-0.1, -0.05) is 18.2 Å². The first-order valence-electron chi connectivity index (χ1n) is 8.70. The zero-order valence-corrected chi connectivity index (χ0v) is 17.8. The maximum atomic E-state index is 12.3. The van der Waals surface area contributed by atoms with Gasteiger partial charge in [0.2, 0.25) is 5.91 Å². The number of benzene rings is 1. The number of rotatable bonds is 6. The molecule has 0 saturated heterocycles. The van der Waals surface area contributed by atoms with Crippen LogP contribution in [0.1, 0.15) is 20.9 Å². The Morgan fingerprint density at radius 3 is 2.45 bits per heavy atom. The van der Waals surface area contributed by atoms with Crippen molar-refractivity contribution in [3.05, 3.63) is 69.4 Å².